The van der Waals surface area contributed by atoms with Gasteiger partial charge in [-0.15, -0.1) is 24.8 Å². The molecule has 1 aliphatic rings. The smallest absolute Gasteiger partial charge is 0.258 e. The molecule has 6 nitrogen and oxygen atoms in total. The molecule has 2 aromatic rings. The first-order valence-electron chi connectivity index (χ1n) is 7.29. The largest absolute Gasteiger partial charge is 0.336 e. The van der Waals surface area contributed by atoms with E-state index in [0.717, 1.165) is 36.8 Å². The lowest BCUT2D eigenvalue weighted by atomic mass is 9.74. The Bertz CT molecular complexity index is 687. The van der Waals surface area contributed by atoms with Crippen LogP contribution in [0.2, 0.25) is 0 Å². The van der Waals surface area contributed by atoms with E-state index in [9.17, 15) is 4.79 Å². The van der Waals surface area contributed by atoms with Crippen LogP contribution in [0.25, 0.3) is 11.1 Å². The lowest BCUT2D eigenvalue weighted by Crippen LogP contribution is -2.51. The summed E-state index contributed by atoms with van der Waals surface area (Å²) in [7, 11) is 0. The van der Waals surface area contributed by atoms with E-state index in [2.05, 4.69) is 15.5 Å². The van der Waals surface area contributed by atoms with Crippen LogP contribution in [0.1, 0.15) is 38.3 Å². The maximum absolute atomic E-state index is 12.5. The Morgan fingerprint density at radius 3 is 2.87 bits per heavy atom. The van der Waals surface area contributed by atoms with Gasteiger partial charge in [0.2, 0.25) is 5.91 Å². The van der Waals surface area contributed by atoms with Crippen LogP contribution in [0, 0.1) is 12.8 Å². The molecule has 2 unspecified atom stereocenters. The van der Waals surface area contributed by atoms with E-state index in [1.807, 2.05) is 19.9 Å². The minimum Gasteiger partial charge on any atom is -0.336 e. The topological polar surface area (TPSA) is 94.0 Å². The van der Waals surface area contributed by atoms with Crippen LogP contribution in [0.3, 0.4) is 0 Å². The van der Waals surface area contributed by atoms with E-state index < -0.39 is 5.54 Å². The molecular weight excluding hydrogens is 339 g/mol. The van der Waals surface area contributed by atoms with Crippen LogP contribution in [-0.4, -0.2) is 21.6 Å². The first kappa shape index (κ1) is 19.7. The average Bonchev–Trinajstić information content (AvgIpc) is 2.79. The summed E-state index contributed by atoms with van der Waals surface area (Å²) in [5.41, 5.74) is 7.73. The number of hydrogen-bond acceptors (Lipinski definition) is 5. The zero-order valence-corrected chi connectivity index (χ0v) is 14.8. The predicted molar refractivity (Wildman–Crippen MR) is 94.2 cm³/mol. The van der Waals surface area contributed by atoms with E-state index in [1.165, 1.54) is 0 Å². The van der Waals surface area contributed by atoms with Gasteiger partial charge in [0.1, 0.15) is 0 Å². The molecule has 23 heavy (non-hydrogen) atoms. The number of amides is 1. The summed E-state index contributed by atoms with van der Waals surface area (Å²) < 4.78 is 5.06. The fourth-order valence-electron chi connectivity index (χ4n) is 3.03. The number of nitrogens with zero attached hydrogens (tertiary/aromatic N) is 2. The van der Waals surface area contributed by atoms with Crippen LogP contribution in [0.5, 0.6) is 0 Å². The highest BCUT2D eigenvalue weighted by molar-refractivity contribution is 5.95. The number of carbonyl (C=O) groups is 1. The lowest BCUT2D eigenvalue weighted by Gasteiger charge is -2.37. The Morgan fingerprint density at radius 1 is 1.43 bits per heavy atom. The summed E-state index contributed by atoms with van der Waals surface area (Å²) in [4.78, 5) is 16.6. The summed E-state index contributed by atoms with van der Waals surface area (Å²) in [6.07, 6.45) is 5.44. The van der Waals surface area contributed by atoms with Crippen molar-refractivity contribution in [1.82, 2.24) is 10.1 Å². The van der Waals surface area contributed by atoms with E-state index in [1.54, 1.807) is 6.20 Å². The number of nitrogens with one attached hydrogen (secondary N) is 1. The van der Waals surface area contributed by atoms with Gasteiger partial charge in [0.25, 0.3) is 5.71 Å². The minimum absolute atomic E-state index is 0. The fraction of sp³-hybridized carbons (Fsp3) is 0.533. The monoisotopic (exact) mass is 360 g/mol. The molecule has 0 saturated heterocycles. The molecule has 0 radical (unpaired) electrons. The van der Waals surface area contributed by atoms with Crippen LogP contribution in [0.4, 0.5) is 5.69 Å². The summed E-state index contributed by atoms with van der Waals surface area (Å²) in [6, 6.07) is 1.84. The van der Waals surface area contributed by atoms with Gasteiger partial charge < -0.3 is 15.6 Å². The van der Waals surface area contributed by atoms with E-state index >= 15 is 0 Å². The molecule has 0 spiro atoms. The Hall–Kier alpha value is -1.37. The standard InChI is InChI=1S/C15H20N4O2.2ClH/c1-9-11-7-10(8-17-14(11)21-19-9)18-13(20)12-5-3-4-6-15(12,2)16;;/h7-8,12H,3-6,16H2,1-2H3,(H,18,20);2*1H. The summed E-state index contributed by atoms with van der Waals surface area (Å²) in [6.45, 7) is 3.80. The van der Waals surface area contributed by atoms with Gasteiger partial charge in [-0.3, -0.25) is 4.79 Å². The normalized spacial score (nSPS) is 23.7. The zero-order chi connectivity index (χ0) is 15.0. The van der Waals surface area contributed by atoms with Crippen LogP contribution < -0.4 is 11.1 Å². The Kier molecular flexibility index (Phi) is 6.39. The number of hydrogen-bond donors (Lipinski definition) is 2. The molecule has 3 rings (SSSR count). The SMILES string of the molecule is Cc1noc2ncc(NC(=O)C3CCCCC3(C)N)cc12.Cl.Cl. The molecule has 1 amide bonds. The molecule has 0 aromatic carbocycles. The number of aromatic nitrogens is 2. The summed E-state index contributed by atoms with van der Waals surface area (Å²) in [5, 5.41) is 7.60. The van der Waals surface area contributed by atoms with Crippen LogP contribution >= 0.6 is 24.8 Å². The molecule has 8 heteroatoms. The molecule has 3 N–H and O–H groups in total. The number of carbonyl (C=O) groups excluding carboxylic acids is 1. The highest BCUT2D eigenvalue weighted by atomic mass is 35.5. The predicted octanol–water partition coefficient (Wildman–Crippen LogP) is 3.22. The second-order valence-electron chi connectivity index (χ2n) is 6.14. The molecule has 1 fully saturated rings. The number of anilines is 1. The number of fused-ring (bicyclic) bond motifs is 1. The number of rotatable bonds is 2. The molecule has 1 aliphatic carbocycles. The van der Waals surface area contributed by atoms with Crippen LogP contribution in [-0.2, 0) is 4.79 Å². The molecule has 2 heterocycles. The average molecular weight is 361 g/mol. The number of aryl methyl sites for hydroxylation is 1. The number of halogens is 2. The van der Waals surface area contributed by atoms with Gasteiger partial charge in [0.15, 0.2) is 0 Å². The maximum Gasteiger partial charge on any atom is 0.258 e. The van der Waals surface area contributed by atoms with Crippen molar-refractivity contribution in [3.8, 4) is 0 Å². The van der Waals surface area contributed by atoms with Gasteiger partial charge in [0, 0.05) is 5.54 Å². The van der Waals surface area contributed by atoms with Gasteiger partial charge in [-0.1, -0.05) is 18.0 Å². The molecule has 0 aliphatic heterocycles. The first-order valence-corrected chi connectivity index (χ1v) is 7.29. The van der Waals surface area contributed by atoms with Gasteiger partial charge in [-0.05, 0) is 32.8 Å². The second-order valence-corrected chi connectivity index (χ2v) is 6.14. The number of nitrogens with two attached hydrogens (primary N) is 1. The molecule has 0 bridgehead atoms. The lowest BCUT2D eigenvalue weighted by molar-refractivity contribution is -0.122. The maximum atomic E-state index is 12.5. The quantitative estimate of drug-likeness (QED) is 0.857. The van der Waals surface area contributed by atoms with Gasteiger partial charge in [-0.25, -0.2) is 4.98 Å². The molecule has 128 valence electrons. The van der Waals surface area contributed by atoms with Crippen molar-refractivity contribution < 1.29 is 9.32 Å². The van der Waals surface area contributed by atoms with Gasteiger partial charge >= 0.3 is 0 Å². The summed E-state index contributed by atoms with van der Waals surface area (Å²) in [5.74, 6) is -0.194. The van der Waals surface area contributed by atoms with Gasteiger partial charge in [0.05, 0.1) is 28.9 Å². The van der Waals surface area contributed by atoms with Crippen molar-refractivity contribution >= 4 is 47.5 Å². The van der Waals surface area contributed by atoms with Crippen molar-refractivity contribution in [2.45, 2.75) is 45.1 Å². The zero-order valence-electron chi connectivity index (χ0n) is 13.2. The van der Waals surface area contributed by atoms with Crippen molar-refractivity contribution in [2.75, 3.05) is 5.32 Å². The Morgan fingerprint density at radius 2 is 2.17 bits per heavy atom. The van der Waals surface area contributed by atoms with E-state index in [4.69, 9.17) is 10.3 Å². The molecular formula is C15H22Cl2N4O2. The molecule has 1 saturated carbocycles. The third-order valence-corrected chi connectivity index (χ3v) is 4.35. The third kappa shape index (κ3) is 3.94. The minimum atomic E-state index is -0.438. The van der Waals surface area contributed by atoms with E-state index in [-0.39, 0.29) is 36.6 Å². The second kappa shape index (κ2) is 7.47. The fourth-order valence-corrected chi connectivity index (χ4v) is 3.03. The van der Waals surface area contributed by atoms with E-state index in [0.29, 0.717) is 11.4 Å². The van der Waals surface area contributed by atoms with Crippen LogP contribution in [0.15, 0.2) is 16.8 Å². The molecule has 2 aromatic heterocycles. The highest BCUT2D eigenvalue weighted by Crippen LogP contribution is 2.32. The van der Waals surface area contributed by atoms with Gasteiger partial charge in [-0.2, -0.15) is 0 Å². The number of pyridine rings is 1. The summed E-state index contributed by atoms with van der Waals surface area (Å²) >= 11 is 0. The Balaban J connectivity index is 0.00000132. The first-order chi connectivity index (χ1) is 9.97. The third-order valence-electron chi connectivity index (χ3n) is 4.35. The Labute approximate surface area is 147 Å². The van der Waals surface area contributed by atoms with Crippen molar-refractivity contribution in [2.24, 2.45) is 11.7 Å². The highest BCUT2D eigenvalue weighted by Gasteiger charge is 2.37. The molecule has 2 atom stereocenters. The van der Waals surface area contributed by atoms with Crippen molar-refractivity contribution in [3.63, 3.8) is 0 Å². The van der Waals surface area contributed by atoms with Crippen molar-refractivity contribution in [3.05, 3.63) is 18.0 Å². The van der Waals surface area contributed by atoms with Crippen molar-refractivity contribution in [1.29, 1.82) is 0 Å².